The SMILES string of the molecule is CC(=O)C(C)NS(=O)(=O)c1cc([N+](=O)[O-])ccc1C. The van der Waals surface area contributed by atoms with E-state index >= 15 is 0 Å². The predicted molar refractivity (Wildman–Crippen MR) is 68.3 cm³/mol. The zero-order chi connectivity index (χ0) is 14.8. The van der Waals surface area contributed by atoms with Crippen LogP contribution in [-0.2, 0) is 14.8 Å². The number of carbonyl (C=O) groups excluding carboxylic acids is 1. The summed E-state index contributed by atoms with van der Waals surface area (Å²) >= 11 is 0. The summed E-state index contributed by atoms with van der Waals surface area (Å²) in [5.74, 6) is -0.341. The summed E-state index contributed by atoms with van der Waals surface area (Å²) in [5.41, 5.74) is 0.0512. The number of nitrogens with one attached hydrogen (secondary N) is 1. The van der Waals surface area contributed by atoms with Crippen LogP contribution in [0.25, 0.3) is 0 Å². The Labute approximate surface area is 110 Å². The molecule has 8 heteroatoms. The van der Waals surface area contributed by atoms with Crippen molar-refractivity contribution < 1.29 is 18.1 Å². The number of benzene rings is 1. The van der Waals surface area contributed by atoms with Gasteiger partial charge in [0.25, 0.3) is 5.69 Å². The van der Waals surface area contributed by atoms with Crippen molar-refractivity contribution in [1.82, 2.24) is 4.72 Å². The summed E-state index contributed by atoms with van der Waals surface area (Å²) < 4.78 is 26.3. The third kappa shape index (κ3) is 3.58. The second-order valence-electron chi connectivity index (χ2n) is 4.16. The van der Waals surface area contributed by atoms with E-state index < -0.39 is 21.0 Å². The number of nitro benzene ring substituents is 1. The van der Waals surface area contributed by atoms with Crippen LogP contribution < -0.4 is 4.72 Å². The number of hydrogen-bond acceptors (Lipinski definition) is 5. The fourth-order valence-corrected chi connectivity index (χ4v) is 2.90. The molecule has 0 radical (unpaired) electrons. The van der Waals surface area contributed by atoms with Gasteiger partial charge in [0.05, 0.1) is 15.9 Å². The highest BCUT2D eigenvalue weighted by Gasteiger charge is 2.23. The van der Waals surface area contributed by atoms with E-state index in [1.807, 2.05) is 0 Å². The van der Waals surface area contributed by atoms with E-state index in [1.54, 1.807) is 0 Å². The molecule has 1 aromatic carbocycles. The first kappa shape index (κ1) is 15.3. The molecular weight excluding hydrogens is 272 g/mol. The molecule has 1 rings (SSSR count). The van der Waals surface area contributed by atoms with Gasteiger partial charge in [0.1, 0.15) is 5.78 Å². The Hall–Kier alpha value is -1.80. The first-order valence-corrected chi connectivity index (χ1v) is 6.91. The Morgan fingerprint density at radius 1 is 1.42 bits per heavy atom. The van der Waals surface area contributed by atoms with Gasteiger partial charge in [-0.1, -0.05) is 6.07 Å². The number of carbonyl (C=O) groups is 1. The topological polar surface area (TPSA) is 106 Å². The highest BCUT2D eigenvalue weighted by atomic mass is 32.2. The summed E-state index contributed by atoms with van der Waals surface area (Å²) in [6.07, 6.45) is 0. The maximum atomic E-state index is 12.1. The zero-order valence-corrected chi connectivity index (χ0v) is 11.5. The number of nitro groups is 1. The van der Waals surface area contributed by atoms with E-state index in [0.717, 1.165) is 6.07 Å². The van der Waals surface area contributed by atoms with E-state index in [2.05, 4.69) is 4.72 Å². The van der Waals surface area contributed by atoms with Crippen molar-refractivity contribution in [2.75, 3.05) is 0 Å². The van der Waals surface area contributed by atoms with Gasteiger partial charge in [0.15, 0.2) is 0 Å². The number of hydrogen-bond donors (Lipinski definition) is 1. The van der Waals surface area contributed by atoms with Gasteiger partial charge < -0.3 is 0 Å². The van der Waals surface area contributed by atoms with E-state index in [0.29, 0.717) is 5.56 Å². The Kier molecular flexibility index (Phi) is 4.38. The molecule has 0 saturated carbocycles. The average Bonchev–Trinajstić information content (AvgIpc) is 2.28. The van der Waals surface area contributed by atoms with Gasteiger partial charge in [-0.3, -0.25) is 14.9 Å². The smallest absolute Gasteiger partial charge is 0.270 e. The van der Waals surface area contributed by atoms with Gasteiger partial charge in [-0.15, -0.1) is 0 Å². The molecule has 1 aromatic rings. The van der Waals surface area contributed by atoms with Crippen LogP contribution in [0.15, 0.2) is 23.1 Å². The number of nitrogens with zero attached hydrogens (tertiary/aromatic N) is 1. The van der Waals surface area contributed by atoms with Crippen LogP contribution in [0.2, 0.25) is 0 Å². The first-order valence-electron chi connectivity index (χ1n) is 5.43. The van der Waals surface area contributed by atoms with Crippen LogP contribution in [0, 0.1) is 17.0 Å². The molecule has 1 N–H and O–H groups in total. The number of ketones is 1. The normalized spacial score (nSPS) is 13.0. The quantitative estimate of drug-likeness (QED) is 0.645. The van der Waals surface area contributed by atoms with Gasteiger partial charge in [0.2, 0.25) is 10.0 Å². The minimum Gasteiger partial charge on any atom is -0.298 e. The second-order valence-corrected chi connectivity index (χ2v) is 5.84. The lowest BCUT2D eigenvalue weighted by Crippen LogP contribution is -2.37. The van der Waals surface area contributed by atoms with Crippen LogP contribution in [0.1, 0.15) is 19.4 Å². The maximum absolute atomic E-state index is 12.1. The number of non-ortho nitro benzene ring substituents is 1. The second kappa shape index (κ2) is 5.45. The summed E-state index contributed by atoms with van der Waals surface area (Å²) in [6, 6.07) is 2.67. The molecule has 0 spiro atoms. The van der Waals surface area contributed by atoms with Crippen molar-refractivity contribution in [3.05, 3.63) is 33.9 Å². The third-order valence-corrected chi connectivity index (χ3v) is 4.30. The molecule has 0 saturated heterocycles. The molecule has 0 fully saturated rings. The number of sulfonamides is 1. The molecule has 0 aliphatic heterocycles. The Morgan fingerprint density at radius 2 is 2.00 bits per heavy atom. The first-order chi connectivity index (χ1) is 8.65. The lowest BCUT2D eigenvalue weighted by atomic mass is 10.2. The Balaban J connectivity index is 3.24. The summed E-state index contributed by atoms with van der Waals surface area (Å²) in [5, 5.41) is 10.7. The fourth-order valence-electron chi connectivity index (χ4n) is 1.37. The molecule has 0 amide bonds. The highest BCUT2D eigenvalue weighted by molar-refractivity contribution is 7.89. The van der Waals surface area contributed by atoms with Crippen LogP contribution >= 0.6 is 0 Å². The molecule has 0 bridgehead atoms. The minimum atomic E-state index is -3.97. The zero-order valence-electron chi connectivity index (χ0n) is 10.7. The molecular formula is C11H14N2O5S. The van der Waals surface area contributed by atoms with E-state index in [9.17, 15) is 23.3 Å². The summed E-state index contributed by atoms with van der Waals surface area (Å²) in [7, 11) is -3.97. The van der Waals surface area contributed by atoms with Crippen LogP contribution in [0.4, 0.5) is 5.69 Å². The molecule has 0 aliphatic carbocycles. The molecule has 104 valence electrons. The Morgan fingerprint density at radius 3 is 2.47 bits per heavy atom. The average molecular weight is 286 g/mol. The lowest BCUT2D eigenvalue weighted by molar-refractivity contribution is -0.385. The largest absolute Gasteiger partial charge is 0.298 e. The van der Waals surface area contributed by atoms with Gasteiger partial charge in [0, 0.05) is 12.1 Å². The standard InChI is InChI=1S/C11H14N2O5S/c1-7-4-5-10(13(15)16)6-11(7)19(17,18)12-8(2)9(3)14/h4-6,8,12H,1-3H3. The Bertz CT molecular complexity index is 624. The monoisotopic (exact) mass is 286 g/mol. The number of rotatable bonds is 5. The van der Waals surface area contributed by atoms with Crippen molar-refractivity contribution in [2.45, 2.75) is 31.7 Å². The van der Waals surface area contributed by atoms with Crippen molar-refractivity contribution >= 4 is 21.5 Å². The van der Waals surface area contributed by atoms with Gasteiger partial charge >= 0.3 is 0 Å². The number of Topliss-reactive ketones (excluding diaryl/α,β-unsaturated/α-hetero) is 1. The summed E-state index contributed by atoms with van der Waals surface area (Å²) in [6.45, 7) is 4.19. The fraction of sp³-hybridized carbons (Fsp3) is 0.364. The van der Waals surface area contributed by atoms with Crippen molar-refractivity contribution in [3.8, 4) is 0 Å². The molecule has 0 aliphatic rings. The summed E-state index contributed by atoms with van der Waals surface area (Å²) in [4.78, 5) is 20.9. The van der Waals surface area contributed by atoms with Crippen molar-refractivity contribution in [2.24, 2.45) is 0 Å². The van der Waals surface area contributed by atoms with E-state index in [4.69, 9.17) is 0 Å². The van der Waals surface area contributed by atoms with Crippen molar-refractivity contribution in [3.63, 3.8) is 0 Å². The van der Waals surface area contributed by atoms with Crippen LogP contribution in [-0.4, -0.2) is 25.2 Å². The molecule has 1 atom stereocenters. The predicted octanol–water partition coefficient (Wildman–Crippen LogP) is 1.16. The highest BCUT2D eigenvalue weighted by Crippen LogP contribution is 2.21. The van der Waals surface area contributed by atoms with Crippen molar-refractivity contribution in [1.29, 1.82) is 0 Å². The molecule has 0 heterocycles. The van der Waals surface area contributed by atoms with E-state index in [1.165, 1.54) is 32.9 Å². The van der Waals surface area contributed by atoms with Gasteiger partial charge in [-0.05, 0) is 26.3 Å². The lowest BCUT2D eigenvalue weighted by Gasteiger charge is -2.12. The van der Waals surface area contributed by atoms with Crippen LogP contribution in [0.3, 0.4) is 0 Å². The minimum absolute atomic E-state index is 0.199. The van der Waals surface area contributed by atoms with Gasteiger partial charge in [-0.2, -0.15) is 0 Å². The maximum Gasteiger partial charge on any atom is 0.270 e. The van der Waals surface area contributed by atoms with Crippen LogP contribution in [0.5, 0.6) is 0 Å². The molecule has 0 aromatic heterocycles. The van der Waals surface area contributed by atoms with E-state index in [-0.39, 0.29) is 16.4 Å². The molecule has 7 nitrogen and oxygen atoms in total. The number of aryl methyl sites for hydroxylation is 1. The third-order valence-electron chi connectivity index (χ3n) is 2.61. The molecule has 1 unspecified atom stereocenters. The molecule has 19 heavy (non-hydrogen) atoms. The van der Waals surface area contributed by atoms with Gasteiger partial charge in [-0.25, -0.2) is 13.1 Å².